The number of hydrazine groups is 1. The summed E-state index contributed by atoms with van der Waals surface area (Å²) in [5.74, 6) is 9.26. The standard InChI is InChI=1S/C22H26F2N8O.CH2O/c1-22(26,33)12-31(2)15-8-6-13(7-9-15)14-10-16(20(25)29-11-14)21(30-27)32(28)18-5-3-4-17(23)19(18)24;1-2/h3-11,33H,12,26-28H2,1-2H3,(H2,25,29);1H2/b30-21-;. The topological polar surface area (TPSA) is 173 Å². The second-order valence-electron chi connectivity index (χ2n) is 7.81. The molecule has 3 aromatic rings. The summed E-state index contributed by atoms with van der Waals surface area (Å²) in [4.78, 5) is 14.0. The Morgan fingerprint density at radius 2 is 1.80 bits per heavy atom. The molecule has 0 saturated carbocycles. The molecule has 2 aromatic carbocycles. The highest BCUT2D eigenvalue weighted by Gasteiger charge is 2.21. The van der Waals surface area contributed by atoms with E-state index in [-0.39, 0.29) is 29.4 Å². The summed E-state index contributed by atoms with van der Waals surface area (Å²) in [7, 11) is 1.81. The van der Waals surface area contributed by atoms with E-state index in [0.717, 1.165) is 22.3 Å². The van der Waals surface area contributed by atoms with Crippen molar-refractivity contribution in [3.05, 3.63) is 71.9 Å². The van der Waals surface area contributed by atoms with E-state index >= 15 is 0 Å². The zero-order valence-electron chi connectivity index (χ0n) is 19.3. The predicted octanol–water partition coefficient (Wildman–Crippen LogP) is 1.53. The lowest BCUT2D eigenvalue weighted by atomic mass is 10.0. The van der Waals surface area contributed by atoms with Crippen LogP contribution in [0, 0.1) is 11.6 Å². The first-order valence-corrected chi connectivity index (χ1v) is 10.2. The number of nitrogens with two attached hydrogens (primary N) is 4. The highest BCUT2D eigenvalue weighted by Crippen LogP contribution is 2.27. The van der Waals surface area contributed by atoms with Crippen molar-refractivity contribution in [1.82, 2.24) is 4.98 Å². The Labute approximate surface area is 201 Å². The van der Waals surface area contributed by atoms with Crippen molar-refractivity contribution in [3.63, 3.8) is 0 Å². The molecule has 0 aliphatic heterocycles. The molecule has 1 aromatic heterocycles. The molecule has 186 valence electrons. The number of amidine groups is 1. The minimum atomic E-state index is -1.34. The summed E-state index contributed by atoms with van der Waals surface area (Å²) in [5.41, 5.74) is 12.6. The molecular weight excluding hydrogens is 458 g/mol. The van der Waals surface area contributed by atoms with Crippen molar-refractivity contribution in [3.8, 4) is 11.1 Å². The van der Waals surface area contributed by atoms with Gasteiger partial charge in [0, 0.05) is 24.5 Å². The third-order valence-electron chi connectivity index (χ3n) is 4.90. The summed E-state index contributed by atoms with van der Waals surface area (Å²) in [6.45, 7) is 3.76. The number of aliphatic hydroxyl groups is 1. The monoisotopic (exact) mass is 486 g/mol. The number of nitrogens with zero attached hydrogens (tertiary/aromatic N) is 4. The highest BCUT2D eigenvalue weighted by molar-refractivity contribution is 6.12. The summed E-state index contributed by atoms with van der Waals surface area (Å²) < 4.78 is 27.9. The van der Waals surface area contributed by atoms with Gasteiger partial charge in [-0.25, -0.2) is 19.6 Å². The number of likely N-dealkylation sites (N-methyl/N-ethyl adjacent to an activating group) is 1. The first-order chi connectivity index (χ1) is 16.5. The molecule has 35 heavy (non-hydrogen) atoms. The van der Waals surface area contributed by atoms with E-state index < -0.39 is 17.4 Å². The molecule has 0 saturated heterocycles. The lowest BCUT2D eigenvalue weighted by Gasteiger charge is -2.27. The number of carbonyl (C=O) groups is 1. The molecule has 10 nitrogen and oxygen atoms in total. The van der Waals surface area contributed by atoms with Crippen molar-refractivity contribution in [2.75, 3.05) is 29.2 Å². The fourth-order valence-corrected chi connectivity index (χ4v) is 3.35. The maximum atomic E-state index is 14.2. The van der Waals surface area contributed by atoms with E-state index in [4.69, 9.17) is 27.9 Å². The second kappa shape index (κ2) is 11.3. The summed E-state index contributed by atoms with van der Waals surface area (Å²) in [6, 6.07) is 12.6. The molecule has 0 fully saturated rings. The number of anilines is 3. The minimum absolute atomic E-state index is 0.0525. The largest absolute Gasteiger partial charge is 0.383 e. The average Bonchev–Trinajstić information content (AvgIpc) is 2.82. The fourth-order valence-electron chi connectivity index (χ4n) is 3.35. The summed E-state index contributed by atoms with van der Waals surface area (Å²) >= 11 is 0. The maximum absolute atomic E-state index is 14.2. The van der Waals surface area contributed by atoms with Crippen LogP contribution in [0.2, 0.25) is 0 Å². The molecule has 0 aliphatic carbocycles. The van der Waals surface area contributed by atoms with Crippen LogP contribution in [0.25, 0.3) is 11.1 Å². The molecule has 3 rings (SSSR count). The number of hydrogen-bond donors (Lipinski definition) is 5. The van der Waals surface area contributed by atoms with Gasteiger partial charge in [-0.05, 0) is 42.8 Å². The number of hydrazone groups is 1. The van der Waals surface area contributed by atoms with E-state index in [1.54, 1.807) is 12.3 Å². The number of aromatic nitrogens is 1. The Morgan fingerprint density at radius 1 is 1.17 bits per heavy atom. The van der Waals surface area contributed by atoms with Gasteiger partial charge in [-0.1, -0.05) is 18.2 Å². The van der Waals surface area contributed by atoms with Crippen LogP contribution in [0.1, 0.15) is 12.5 Å². The van der Waals surface area contributed by atoms with Gasteiger partial charge in [0.2, 0.25) is 0 Å². The number of halogens is 2. The van der Waals surface area contributed by atoms with Gasteiger partial charge in [-0.3, -0.25) is 5.01 Å². The normalized spacial score (nSPS) is 12.8. The lowest BCUT2D eigenvalue weighted by Crippen LogP contribution is -2.46. The Morgan fingerprint density at radius 3 is 2.37 bits per heavy atom. The van der Waals surface area contributed by atoms with Crippen LogP contribution in [-0.2, 0) is 4.79 Å². The van der Waals surface area contributed by atoms with Crippen LogP contribution in [0.3, 0.4) is 0 Å². The van der Waals surface area contributed by atoms with Crippen LogP contribution in [0.4, 0.5) is 26.0 Å². The Bertz CT molecular complexity index is 1180. The smallest absolute Gasteiger partial charge is 0.183 e. The molecule has 0 aliphatic rings. The maximum Gasteiger partial charge on any atom is 0.183 e. The zero-order valence-corrected chi connectivity index (χ0v) is 19.3. The number of carbonyl (C=O) groups excluding carboxylic acids is 1. The van der Waals surface area contributed by atoms with E-state index in [1.165, 1.54) is 19.1 Å². The number of hydrogen-bond acceptors (Lipinski definition) is 9. The van der Waals surface area contributed by atoms with Crippen molar-refractivity contribution in [2.45, 2.75) is 12.6 Å². The fraction of sp³-hybridized carbons (Fsp3) is 0.174. The van der Waals surface area contributed by atoms with Crippen LogP contribution in [0.15, 0.2) is 59.8 Å². The average molecular weight is 487 g/mol. The lowest BCUT2D eigenvalue weighted by molar-refractivity contribution is -0.0980. The first-order valence-electron chi connectivity index (χ1n) is 10.2. The quantitative estimate of drug-likeness (QED) is 0.114. The van der Waals surface area contributed by atoms with Gasteiger partial charge in [0.25, 0.3) is 0 Å². The third-order valence-corrected chi connectivity index (χ3v) is 4.90. The Balaban J connectivity index is 0.00000210. The van der Waals surface area contributed by atoms with Crippen LogP contribution >= 0.6 is 0 Å². The number of benzene rings is 2. The van der Waals surface area contributed by atoms with Crippen molar-refractivity contribution in [1.29, 1.82) is 0 Å². The van der Waals surface area contributed by atoms with Crippen LogP contribution < -0.4 is 33.1 Å². The van der Waals surface area contributed by atoms with Gasteiger partial charge in [0.15, 0.2) is 17.5 Å². The minimum Gasteiger partial charge on any atom is -0.383 e. The Hall–Kier alpha value is -4.13. The molecule has 0 bridgehead atoms. The molecule has 0 radical (unpaired) electrons. The zero-order chi connectivity index (χ0) is 26.3. The third kappa shape index (κ3) is 6.47. The molecule has 1 unspecified atom stereocenters. The number of rotatable bonds is 6. The predicted molar refractivity (Wildman–Crippen MR) is 133 cm³/mol. The van der Waals surface area contributed by atoms with Gasteiger partial charge in [-0.2, -0.15) is 5.10 Å². The van der Waals surface area contributed by atoms with Gasteiger partial charge in [0.05, 0.1) is 17.8 Å². The van der Waals surface area contributed by atoms with Crippen molar-refractivity contribution in [2.24, 2.45) is 22.5 Å². The van der Waals surface area contributed by atoms with Gasteiger partial charge in [-0.15, -0.1) is 0 Å². The number of nitrogen functional groups attached to an aromatic ring is 1. The second-order valence-corrected chi connectivity index (χ2v) is 7.81. The molecule has 0 spiro atoms. The molecule has 1 heterocycles. The van der Waals surface area contributed by atoms with Gasteiger partial charge < -0.3 is 32.1 Å². The first kappa shape index (κ1) is 27.1. The van der Waals surface area contributed by atoms with E-state index in [2.05, 4.69) is 10.1 Å². The molecule has 0 amide bonds. The van der Waals surface area contributed by atoms with Crippen molar-refractivity contribution < 1.29 is 18.7 Å². The molecule has 12 heteroatoms. The van der Waals surface area contributed by atoms with E-state index in [1.807, 2.05) is 43.0 Å². The molecule has 9 N–H and O–H groups in total. The Kier molecular flexibility index (Phi) is 8.78. The van der Waals surface area contributed by atoms with Crippen LogP contribution in [-0.4, -0.2) is 42.0 Å². The number of pyridine rings is 1. The summed E-state index contributed by atoms with van der Waals surface area (Å²) in [6.07, 6.45) is 1.56. The van der Waals surface area contributed by atoms with Crippen molar-refractivity contribution >= 4 is 29.8 Å². The molecule has 1 atom stereocenters. The highest BCUT2D eigenvalue weighted by atomic mass is 19.2. The van der Waals surface area contributed by atoms with Gasteiger partial charge in [0.1, 0.15) is 18.3 Å². The molecular formula is C23H28F2N8O2. The summed E-state index contributed by atoms with van der Waals surface area (Å²) in [5, 5.41) is 14.3. The van der Waals surface area contributed by atoms with Crippen LogP contribution in [0.5, 0.6) is 0 Å². The SMILES string of the molecule is C=O.CN(CC(C)(N)O)c1ccc(-c2cnc(N)c(/C(=N/N)N(N)c3cccc(F)c3F)c2)cc1. The van der Waals surface area contributed by atoms with E-state index in [0.29, 0.717) is 5.56 Å². The van der Waals surface area contributed by atoms with Gasteiger partial charge >= 0.3 is 0 Å². The van der Waals surface area contributed by atoms with E-state index in [9.17, 15) is 13.9 Å².